The molecule has 3 amide bonds. The standard InChI is InChI=1S/C9H14N2O2/c1-6-9(2,3)7(12)11(5)8(13)10(6)4/h1H2,2-5H3. The molecule has 0 atom stereocenters. The van der Waals surface area contributed by atoms with Gasteiger partial charge in [0.25, 0.3) is 0 Å². The molecule has 4 heteroatoms. The van der Waals surface area contributed by atoms with E-state index in [1.165, 1.54) is 11.9 Å². The predicted octanol–water partition coefficient (Wildman–Crippen LogP) is 1.05. The molecule has 0 aromatic carbocycles. The molecule has 0 N–H and O–H groups in total. The molecule has 1 fully saturated rings. The first-order chi connectivity index (χ1) is 5.80. The second-order valence-corrected chi connectivity index (χ2v) is 3.78. The van der Waals surface area contributed by atoms with Crippen LogP contribution in [-0.4, -0.2) is 35.8 Å². The van der Waals surface area contributed by atoms with Gasteiger partial charge in [-0.05, 0) is 13.8 Å². The third-order valence-corrected chi connectivity index (χ3v) is 2.54. The van der Waals surface area contributed by atoms with E-state index in [0.29, 0.717) is 5.70 Å². The van der Waals surface area contributed by atoms with E-state index in [1.807, 2.05) is 0 Å². The number of rotatable bonds is 0. The summed E-state index contributed by atoms with van der Waals surface area (Å²) in [6.07, 6.45) is 0. The lowest BCUT2D eigenvalue weighted by molar-refractivity contribution is -0.137. The minimum Gasteiger partial charge on any atom is -0.300 e. The van der Waals surface area contributed by atoms with E-state index in [4.69, 9.17) is 0 Å². The maximum Gasteiger partial charge on any atom is 0.330 e. The van der Waals surface area contributed by atoms with Crippen LogP contribution in [0.5, 0.6) is 0 Å². The summed E-state index contributed by atoms with van der Waals surface area (Å²) < 4.78 is 0. The summed E-state index contributed by atoms with van der Waals surface area (Å²) in [5.74, 6) is -0.208. The van der Waals surface area contributed by atoms with Crippen molar-refractivity contribution in [1.29, 1.82) is 0 Å². The first kappa shape index (κ1) is 9.77. The Bertz CT molecular complexity index is 268. The number of urea groups is 1. The van der Waals surface area contributed by atoms with Crippen molar-refractivity contribution in [3.8, 4) is 0 Å². The van der Waals surface area contributed by atoms with Crippen LogP contribution in [-0.2, 0) is 4.79 Å². The van der Waals surface area contributed by atoms with Crippen molar-refractivity contribution in [2.45, 2.75) is 13.8 Å². The Morgan fingerprint density at radius 3 is 2.08 bits per heavy atom. The maximum absolute atomic E-state index is 11.6. The third-order valence-electron chi connectivity index (χ3n) is 2.54. The fourth-order valence-electron chi connectivity index (χ4n) is 1.39. The number of carbonyl (C=O) groups is 2. The molecule has 0 aromatic rings. The largest absolute Gasteiger partial charge is 0.330 e. The number of hydrogen-bond donors (Lipinski definition) is 0. The zero-order valence-electron chi connectivity index (χ0n) is 8.42. The van der Waals surface area contributed by atoms with Crippen LogP contribution in [0.25, 0.3) is 0 Å². The lowest BCUT2D eigenvalue weighted by Crippen LogP contribution is -2.55. The Hall–Kier alpha value is -1.32. The van der Waals surface area contributed by atoms with Crippen molar-refractivity contribution in [3.05, 3.63) is 12.3 Å². The van der Waals surface area contributed by atoms with E-state index in [2.05, 4.69) is 6.58 Å². The van der Waals surface area contributed by atoms with Gasteiger partial charge in [-0.15, -0.1) is 0 Å². The molecule has 0 saturated carbocycles. The number of nitrogens with zero attached hydrogens (tertiary/aromatic N) is 2. The highest BCUT2D eigenvalue weighted by molar-refractivity contribution is 6.02. The first-order valence-corrected chi connectivity index (χ1v) is 4.05. The SMILES string of the molecule is C=C1N(C)C(=O)N(C)C(=O)C1(C)C. The highest BCUT2D eigenvalue weighted by Gasteiger charge is 2.44. The lowest BCUT2D eigenvalue weighted by atomic mass is 9.86. The average Bonchev–Trinajstić information content (AvgIpc) is 2.09. The van der Waals surface area contributed by atoms with E-state index in [-0.39, 0.29) is 11.9 Å². The summed E-state index contributed by atoms with van der Waals surface area (Å²) in [6.45, 7) is 7.26. The molecular weight excluding hydrogens is 168 g/mol. The topological polar surface area (TPSA) is 40.6 Å². The Morgan fingerprint density at radius 1 is 1.15 bits per heavy atom. The molecule has 0 radical (unpaired) electrons. The van der Waals surface area contributed by atoms with E-state index < -0.39 is 5.41 Å². The molecular formula is C9H14N2O2. The summed E-state index contributed by atoms with van der Waals surface area (Å²) in [6, 6.07) is -0.325. The van der Waals surface area contributed by atoms with Gasteiger partial charge in [-0.25, -0.2) is 4.79 Å². The van der Waals surface area contributed by atoms with Crippen molar-refractivity contribution in [1.82, 2.24) is 9.80 Å². The maximum atomic E-state index is 11.6. The van der Waals surface area contributed by atoms with Gasteiger partial charge in [-0.2, -0.15) is 0 Å². The minimum absolute atomic E-state index is 0.208. The van der Waals surface area contributed by atoms with Crippen LogP contribution in [0.4, 0.5) is 4.79 Å². The average molecular weight is 182 g/mol. The van der Waals surface area contributed by atoms with Crippen molar-refractivity contribution in [2.24, 2.45) is 5.41 Å². The summed E-state index contributed by atoms with van der Waals surface area (Å²) in [5.41, 5.74) is -0.141. The fraction of sp³-hybridized carbons (Fsp3) is 0.556. The van der Waals surface area contributed by atoms with Crippen LogP contribution in [0.15, 0.2) is 12.3 Å². The number of amides is 3. The Balaban J connectivity index is 3.15. The van der Waals surface area contributed by atoms with Crippen LogP contribution in [0.3, 0.4) is 0 Å². The monoisotopic (exact) mass is 182 g/mol. The summed E-state index contributed by atoms with van der Waals surface area (Å²) >= 11 is 0. The van der Waals surface area contributed by atoms with E-state index in [0.717, 1.165) is 4.90 Å². The van der Waals surface area contributed by atoms with Crippen molar-refractivity contribution in [2.75, 3.05) is 14.1 Å². The van der Waals surface area contributed by atoms with Crippen molar-refractivity contribution < 1.29 is 9.59 Å². The van der Waals surface area contributed by atoms with Gasteiger partial charge >= 0.3 is 6.03 Å². The molecule has 0 bridgehead atoms. The molecule has 1 aliphatic heterocycles. The number of imide groups is 1. The molecule has 0 aliphatic carbocycles. The predicted molar refractivity (Wildman–Crippen MR) is 48.9 cm³/mol. The molecule has 13 heavy (non-hydrogen) atoms. The van der Waals surface area contributed by atoms with E-state index >= 15 is 0 Å². The summed E-state index contributed by atoms with van der Waals surface area (Å²) in [5, 5.41) is 0. The van der Waals surface area contributed by atoms with Gasteiger partial charge in [-0.1, -0.05) is 6.58 Å². The van der Waals surface area contributed by atoms with Gasteiger partial charge in [0, 0.05) is 19.8 Å². The first-order valence-electron chi connectivity index (χ1n) is 4.05. The molecule has 1 heterocycles. The zero-order chi connectivity index (χ0) is 10.4. The smallest absolute Gasteiger partial charge is 0.300 e. The van der Waals surface area contributed by atoms with Crippen molar-refractivity contribution >= 4 is 11.9 Å². The summed E-state index contributed by atoms with van der Waals surface area (Å²) in [4.78, 5) is 25.6. The minimum atomic E-state index is -0.683. The number of carbonyl (C=O) groups excluding carboxylic acids is 2. The van der Waals surface area contributed by atoms with Gasteiger partial charge in [-0.3, -0.25) is 9.69 Å². The Kier molecular flexibility index (Phi) is 1.94. The number of hydrogen-bond acceptors (Lipinski definition) is 2. The van der Waals surface area contributed by atoms with Gasteiger partial charge < -0.3 is 4.90 Å². The van der Waals surface area contributed by atoms with Gasteiger partial charge in [0.05, 0.1) is 5.41 Å². The van der Waals surface area contributed by atoms with Crippen LogP contribution < -0.4 is 0 Å². The molecule has 1 aliphatic rings. The molecule has 0 unspecified atom stereocenters. The zero-order valence-corrected chi connectivity index (χ0v) is 8.42. The van der Waals surface area contributed by atoms with Crippen LogP contribution in [0, 0.1) is 5.41 Å². The molecule has 0 spiro atoms. The van der Waals surface area contributed by atoms with Gasteiger partial charge in [0.15, 0.2) is 0 Å². The van der Waals surface area contributed by atoms with Crippen LogP contribution in [0.1, 0.15) is 13.8 Å². The molecule has 1 saturated heterocycles. The second kappa shape index (κ2) is 2.58. The lowest BCUT2D eigenvalue weighted by Gasteiger charge is -2.41. The van der Waals surface area contributed by atoms with Gasteiger partial charge in [0.2, 0.25) is 5.91 Å². The van der Waals surface area contributed by atoms with E-state index in [1.54, 1.807) is 20.9 Å². The van der Waals surface area contributed by atoms with Gasteiger partial charge in [0.1, 0.15) is 0 Å². The highest BCUT2D eigenvalue weighted by Crippen LogP contribution is 2.33. The molecule has 4 nitrogen and oxygen atoms in total. The normalized spacial score (nSPS) is 22.6. The molecule has 1 rings (SSSR count). The third kappa shape index (κ3) is 1.13. The summed E-state index contributed by atoms with van der Waals surface area (Å²) in [7, 11) is 3.10. The quantitative estimate of drug-likeness (QED) is 0.562. The Labute approximate surface area is 77.8 Å². The fourth-order valence-corrected chi connectivity index (χ4v) is 1.39. The Morgan fingerprint density at radius 2 is 1.62 bits per heavy atom. The second-order valence-electron chi connectivity index (χ2n) is 3.78. The van der Waals surface area contributed by atoms with Crippen molar-refractivity contribution in [3.63, 3.8) is 0 Å². The molecule has 0 aromatic heterocycles. The van der Waals surface area contributed by atoms with Crippen LogP contribution in [0.2, 0.25) is 0 Å². The highest BCUT2D eigenvalue weighted by atomic mass is 16.2. The van der Waals surface area contributed by atoms with Crippen LogP contribution >= 0.6 is 0 Å². The molecule has 72 valence electrons. The van der Waals surface area contributed by atoms with E-state index in [9.17, 15) is 9.59 Å².